The van der Waals surface area contributed by atoms with Crippen molar-refractivity contribution in [3.8, 4) is 6.07 Å². The van der Waals surface area contributed by atoms with Crippen LogP contribution < -0.4 is 5.32 Å². The number of nitriles is 1. The molecule has 0 saturated carbocycles. The summed E-state index contributed by atoms with van der Waals surface area (Å²) in [5.74, 6) is 1.76. The van der Waals surface area contributed by atoms with E-state index in [0.29, 0.717) is 6.04 Å². The zero-order chi connectivity index (χ0) is 12.7. The molecule has 0 saturated heterocycles. The van der Waals surface area contributed by atoms with Gasteiger partial charge in [0.05, 0.1) is 5.56 Å². The average Bonchev–Trinajstić information content (AvgIpc) is 2.29. The molecule has 2 nitrogen and oxygen atoms in total. The highest BCUT2D eigenvalue weighted by Gasteiger charge is 2.05. The Morgan fingerprint density at radius 1 is 1.53 bits per heavy atom. The molecule has 1 unspecified atom stereocenters. The Morgan fingerprint density at radius 3 is 2.88 bits per heavy atom. The fourth-order valence-corrected chi connectivity index (χ4v) is 2.27. The number of hydrogen-bond acceptors (Lipinski definition) is 3. The number of anilines is 1. The number of nitrogens with one attached hydrogen (secondary N) is 1. The van der Waals surface area contributed by atoms with Gasteiger partial charge in [-0.25, -0.2) is 4.39 Å². The van der Waals surface area contributed by atoms with Gasteiger partial charge in [0.25, 0.3) is 0 Å². The highest BCUT2D eigenvalue weighted by molar-refractivity contribution is 7.99. The Balaban J connectivity index is 2.51. The maximum Gasteiger partial charge on any atom is 0.143 e. The van der Waals surface area contributed by atoms with Gasteiger partial charge in [0.2, 0.25) is 0 Å². The van der Waals surface area contributed by atoms with Gasteiger partial charge in [0, 0.05) is 11.7 Å². The lowest BCUT2D eigenvalue weighted by molar-refractivity contribution is 0.623. The van der Waals surface area contributed by atoms with Gasteiger partial charge >= 0.3 is 0 Å². The number of hydrogen-bond donors (Lipinski definition) is 1. The van der Waals surface area contributed by atoms with E-state index in [0.717, 1.165) is 23.6 Å². The molecule has 17 heavy (non-hydrogen) atoms. The van der Waals surface area contributed by atoms with Crippen LogP contribution in [-0.4, -0.2) is 17.5 Å². The van der Waals surface area contributed by atoms with Crippen molar-refractivity contribution in [3.63, 3.8) is 0 Å². The summed E-state index contributed by atoms with van der Waals surface area (Å²) in [6, 6.07) is 6.74. The van der Waals surface area contributed by atoms with E-state index in [2.05, 4.69) is 19.2 Å². The normalized spacial score (nSPS) is 11.9. The van der Waals surface area contributed by atoms with Crippen molar-refractivity contribution in [2.24, 2.45) is 0 Å². The van der Waals surface area contributed by atoms with Crippen LogP contribution >= 0.6 is 11.8 Å². The van der Waals surface area contributed by atoms with E-state index in [-0.39, 0.29) is 5.56 Å². The summed E-state index contributed by atoms with van der Waals surface area (Å²) in [5.41, 5.74) is 0.820. The second-order valence-electron chi connectivity index (χ2n) is 3.84. The molecule has 0 amide bonds. The molecular formula is C13H17FN2S. The van der Waals surface area contributed by atoms with Gasteiger partial charge in [-0.05, 0) is 43.0 Å². The number of rotatable bonds is 6. The van der Waals surface area contributed by atoms with E-state index in [1.807, 2.05) is 17.8 Å². The van der Waals surface area contributed by atoms with Gasteiger partial charge in [0.15, 0.2) is 0 Å². The standard InChI is InChI=1S/C13H17FN2S/c1-3-17-7-6-10(2)16-12-5-4-11(9-15)13(14)8-12/h4-5,8,10,16H,3,6-7H2,1-2H3. The number of halogens is 1. The lowest BCUT2D eigenvalue weighted by atomic mass is 10.2. The summed E-state index contributed by atoms with van der Waals surface area (Å²) in [6.45, 7) is 4.21. The minimum atomic E-state index is -0.465. The maximum absolute atomic E-state index is 13.3. The third-order valence-corrected chi connectivity index (χ3v) is 3.33. The van der Waals surface area contributed by atoms with Crippen LogP contribution in [0.1, 0.15) is 25.8 Å². The monoisotopic (exact) mass is 252 g/mol. The van der Waals surface area contributed by atoms with E-state index in [1.165, 1.54) is 12.1 Å². The first kappa shape index (κ1) is 13.9. The van der Waals surface area contributed by atoms with E-state index in [9.17, 15) is 4.39 Å². The Morgan fingerprint density at radius 2 is 2.29 bits per heavy atom. The van der Waals surface area contributed by atoms with Crippen molar-refractivity contribution in [2.75, 3.05) is 16.8 Å². The molecule has 0 radical (unpaired) electrons. The first-order valence-corrected chi connectivity index (χ1v) is 6.86. The van der Waals surface area contributed by atoms with Crippen molar-refractivity contribution in [1.82, 2.24) is 0 Å². The van der Waals surface area contributed by atoms with Crippen molar-refractivity contribution in [1.29, 1.82) is 5.26 Å². The molecule has 0 aliphatic carbocycles. The predicted octanol–water partition coefficient (Wildman–Crippen LogP) is 3.64. The second kappa shape index (κ2) is 7.18. The zero-order valence-electron chi connectivity index (χ0n) is 10.2. The third kappa shape index (κ3) is 4.66. The molecule has 0 aliphatic rings. The van der Waals surface area contributed by atoms with Crippen molar-refractivity contribution < 1.29 is 4.39 Å². The topological polar surface area (TPSA) is 35.8 Å². The molecule has 1 N–H and O–H groups in total. The van der Waals surface area contributed by atoms with E-state index < -0.39 is 5.82 Å². The van der Waals surface area contributed by atoms with Crippen LogP contribution in [0.3, 0.4) is 0 Å². The molecule has 0 bridgehead atoms. The molecule has 0 spiro atoms. The van der Waals surface area contributed by atoms with Crippen LogP contribution in [0.2, 0.25) is 0 Å². The van der Waals surface area contributed by atoms with Crippen molar-refractivity contribution in [3.05, 3.63) is 29.6 Å². The minimum Gasteiger partial charge on any atom is -0.382 e. The Kier molecular flexibility index (Phi) is 5.85. The number of thioether (sulfide) groups is 1. The Bertz CT molecular complexity index is 401. The summed E-state index contributed by atoms with van der Waals surface area (Å²) in [7, 11) is 0. The Hall–Kier alpha value is -1.21. The largest absolute Gasteiger partial charge is 0.382 e. The van der Waals surface area contributed by atoms with Crippen molar-refractivity contribution >= 4 is 17.4 Å². The van der Waals surface area contributed by atoms with Crippen LogP contribution in [0.5, 0.6) is 0 Å². The highest BCUT2D eigenvalue weighted by atomic mass is 32.2. The van der Waals surface area contributed by atoms with E-state index in [1.54, 1.807) is 6.07 Å². The summed E-state index contributed by atoms with van der Waals surface area (Å²) in [5, 5.41) is 11.9. The summed E-state index contributed by atoms with van der Waals surface area (Å²) in [4.78, 5) is 0. The lowest BCUT2D eigenvalue weighted by Crippen LogP contribution is -2.16. The highest BCUT2D eigenvalue weighted by Crippen LogP contribution is 2.16. The minimum absolute atomic E-state index is 0.0877. The molecule has 1 aromatic carbocycles. The molecule has 0 fully saturated rings. The SMILES string of the molecule is CCSCCC(C)Nc1ccc(C#N)c(F)c1. The van der Waals surface area contributed by atoms with Crippen LogP contribution in [0.25, 0.3) is 0 Å². The van der Waals surface area contributed by atoms with E-state index in [4.69, 9.17) is 5.26 Å². The third-order valence-electron chi connectivity index (χ3n) is 2.40. The fraction of sp³-hybridized carbons (Fsp3) is 0.462. The average molecular weight is 252 g/mol. The van der Waals surface area contributed by atoms with Crippen molar-refractivity contribution in [2.45, 2.75) is 26.3 Å². The zero-order valence-corrected chi connectivity index (χ0v) is 11.0. The first-order valence-electron chi connectivity index (χ1n) is 5.71. The fourth-order valence-electron chi connectivity index (χ4n) is 1.46. The molecule has 1 rings (SSSR count). The smallest absolute Gasteiger partial charge is 0.143 e. The number of nitrogens with zero attached hydrogens (tertiary/aromatic N) is 1. The van der Waals surface area contributed by atoms with Gasteiger partial charge in [-0.1, -0.05) is 6.92 Å². The molecular weight excluding hydrogens is 235 g/mol. The summed E-state index contributed by atoms with van der Waals surface area (Å²) < 4.78 is 13.3. The molecule has 1 atom stereocenters. The first-order chi connectivity index (χ1) is 8.17. The van der Waals surface area contributed by atoms with Crippen LogP contribution in [-0.2, 0) is 0 Å². The molecule has 0 heterocycles. The second-order valence-corrected chi connectivity index (χ2v) is 5.23. The van der Waals surface area contributed by atoms with Gasteiger partial charge in [-0.2, -0.15) is 17.0 Å². The molecule has 0 aliphatic heterocycles. The Labute approximate surface area is 106 Å². The van der Waals surface area contributed by atoms with E-state index >= 15 is 0 Å². The predicted molar refractivity (Wildman–Crippen MR) is 71.8 cm³/mol. The van der Waals surface area contributed by atoms with Crippen LogP contribution in [0, 0.1) is 17.1 Å². The maximum atomic E-state index is 13.3. The van der Waals surface area contributed by atoms with Crippen LogP contribution in [0.4, 0.5) is 10.1 Å². The molecule has 92 valence electrons. The quantitative estimate of drug-likeness (QED) is 0.785. The lowest BCUT2D eigenvalue weighted by Gasteiger charge is -2.15. The van der Waals surface area contributed by atoms with Gasteiger partial charge in [0.1, 0.15) is 11.9 Å². The summed E-state index contributed by atoms with van der Waals surface area (Å²) >= 11 is 1.90. The summed E-state index contributed by atoms with van der Waals surface area (Å²) in [6.07, 6.45) is 1.04. The number of benzene rings is 1. The van der Waals surface area contributed by atoms with Crippen LogP contribution in [0.15, 0.2) is 18.2 Å². The molecule has 4 heteroatoms. The van der Waals surface area contributed by atoms with Gasteiger partial charge in [-0.15, -0.1) is 0 Å². The van der Waals surface area contributed by atoms with Gasteiger partial charge in [-0.3, -0.25) is 0 Å². The molecule has 0 aromatic heterocycles. The van der Waals surface area contributed by atoms with Gasteiger partial charge < -0.3 is 5.32 Å². The molecule has 1 aromatic rings.